The first-order chi connectivity index (χ1) is 11.0. The minimum Gasteiger partial charge on any atom is -0.444 e. The van der Waals surface area contributed by atoms with Crippen molar-refractivity contribution in [3.63, 3.8) is 0 Å². The lowest BCUT2D eigenvalue weighted by Gasteiger charge is -2.40. The highest BCUT2D eigenvalue weighted by atomic mass is 32.5. The number of carbonyl (C=O) groups excluding carboxylic acids is 1. The van der Waals surface area contributed by atoms with Crippen molar-refractivity contribution in [3.05, 3.63) is 18.3 Å². The lowest BCUT2D eigenvalue weighted by molar-refractivity contribution is 0.0240. The SMILES string of the molecule is CC(C)(C)OC(=O)N1CCN(c2ccc(S(F)(F)(F)(F)F)cn2)CC1. The highest BCUT2D eigenvalue weighted by molar-refractivity contribution is 8.45. The van der Waals surface area contributed by atoms with Crippen molar-refractivity contribution in [2.24, 2.45) is 0 Å². The predicted molar refractivity (Wildman–Crippen MR) is 85.7 cm³/mol. The summed E-state index contributed by atoms with van der Waals surface area (Å²) in [6.07, 6.45) is -0.326. The molecule has 1 aromatic heterocycles. The van der Waals surface area contributed by atoms with Gasteiger partial charge in [-0.2, -0.15) is 0 Å². The van der Waals surface area contributed by atoms with Crippen LogP contribution in [0.5, 0.6) is 0 Å². The van der Waals surface area contributed by atoms with Crippen LogP contribution in [-0.2, 0) is 4.74 Å². The van der Waals surface area contributed by atoms with Crippen LogP contribution in [0.4, 0.5) is 30.0 Å². The van der Waals surface area contributed by atoms with E-state index in [0.717, 1.165) is 6.07 Å². The lowest BCUT2D eigenvalue weighted by atomic mass is 10.2. The fourth-order valence-corrected chi connectivity index (χ4v) is 2.81. The highest BCUT2D eigenvalue weighted by Gasteiger charge is 2.65. The van der Waals surface area contributed by atoms with Crippen LogP contribution in [0.3, 0.4) is 0 Å². The molecule has 1 saturated heterocycles. The van der Waals surface area contributed by atoms with Crippen LogP contribution in [0, 0.1) is 0 Å². The third-order valence-electron chi connectivity index (χ3n) is 3.42. The molecule has 25 heavy (non-hydrogen) atoms. The monoisotopic (exact) mass is 389 g/mol. The Bertz CT molecular complexity index is 650. The van der Waals surface area contributed by atoms with E-state index in [1.165, 1.54) is 4.90 Å². The summed E-state index contributed by atoms with van der Waals surface area (Å²) in [6.45, 7) is 6.42. The molecule has 1 amide bonds. The number of nitrogens with zero attached hydrogens (tertiary/aromatic N) is 3. The molecule has 1 aliphatic rings. The van der Waals surface area contributed by atoms with Crippen molar-refractivity contribution >= 4 is 22.1 Å². The normalized spacial score (nSPS) is 19.2. The molecule has 0 atom stereocenters. The number of amides is 1. The predicted octanol–water partition coefficient (Wildman–Crippen LogP) is 4.80. The van der Waals surface area contributed by atoms with Crippen LogP contribution in [0.1, 0.15) is 20.8 Å². The van der Waals surface area contributed by atoms with Gasteiger partial charge in [0.05, 0.1) is 6.20 Å². The molecular formula is C14H20F5N3O2S. The average molecular weight is 389 g/mol. The highest BCUT2D eigenvalue weighted by Crippen LogP contribution is 3.02. The van der Waals surface area contributed by atoms with Gasteiger partial charge in [-0.05, 0) is 32.9 Å². The van der Waals surface area contributed by atoms with Crippen LogP contribution >= 0.6 is 10.2 Å². The second-order valence-electron chi connectivity index (χ2n) is 6.78. The van der Waals surface area contributed by atoms with E-state index in [2.05, 4.69) is 4.98 Å². The molecule has 1 aromatic rings. The number of hydrogen-bond donors (Lipinski definition) is 0. The van der Waals surface area contributed by atoms with Crippen LogP contribution < -0.4 is 4.90 Å². The average Bonchev–Trinajstić information content (AvgIpc) is 2.43. The number of hydrogen-bond acceptors (Lipinski definition) is 4. The maximum atomic E-state index is 12.7. The summed E-state index contributed by atoms with van der Waals surface area (Å²) in [5.74, 6) is 0.148. The van der Waals surface area contributed by atoms with Gasteiger partial charge in [0.25, 0.3) is 0 Å². The second kappa shape index (κ2) is 5.36. The molecule has 0 aliphatic carbocycles. The van der Waals surface area contributed by atoms with E-state index < -0.39 is 26.8 Å². The molecule has 1 aliphatic heterocycles. The molecule has 11 heteroatoms. The number of anilines is 1. The van der Waals surface area contributed by atoms with Crippen molar-refractivity contribution in [1.82, 2.24) is 9.88 Å². The van der Waals surface area contributed by atoms with Crippen LogP contribution in [0.15, 0.2) is 23.2 Å². The Morgan fingerprint density at radius 2 is 1.64 bits per heavy atom. The Morgan fingerprint density at radius 3 is 2.04 bits per heavy atom. The third-order valence-corrected chi connectivity index (χ3v) is 4.55. The van der Waals surface area contributed by atoms with Crippen molar-refractivity contribution < 1.29 is 29.0 Å². The summed E-state index contributed by atoms with van der Waals surface area (Å²) in [7, 11) is -9.71. The molecule has 0 saturated carbocycles. The molecule has 0 radical (unpaired) electrons. The van der Waals surface area contributed by atoms with Gasteiger partial charge in [-0.15, -0.1) is 0 Å². The van der Waals surface area contributed by atoms with Gasteiger partial charge < -0.3 is 14.5 Å². The van der Waals surface area contributed by atoms with E-state index in [4.69, 9.17) is 4.74 Å². The van der Waals surface area contributed by atoms with Crippen LogP contribution in [-0.4, -0.2) is 47.8 Å². The zero-order valence-corrected chi connectivity index (χ0v) is 14.8. The Morgan fingerprint density at radius 1 is 1.08 bits per heavy atom. The fourth-order valence-electron chi connectivity index (χ4n) is 2.23. The summed E-state index contributed by atoms with van der Waals surface area (Å²) in [6, 6.07) is 1.25. The van der Waals surface area contributed by atoms with Gasteiger partial charge >= 0.3 is 16.3 Å². The first-order valence-electron chi connectivity index (χ1n) is 7.48. The molecule has 0 spiro atoms. The van der Waals surface area contributed by atoms with E-state index in [-0.39, 0.29) is 12.0 Å². The molecule has 1 fully saturated rings. The summed E-state index contributed by atoms with van der Waals surface area (Å²) < 4.78 is 68.7. The van der Waals surface area contributed by atoms with Gasteiger partial charge in [-0.25, -0.2) is 9.78 Å². The molecule has 2 rings (SSSR count). The van der Waals surface area contributed by atoms with Crippen molar-refractivity contribution in [2.75, 3.05) is 31.1 Å². The van der Waals surface area contributed by atoms with E-state index in [1.54, 1.807) is 25.7 Å². The number of aromatic nitrogens is 1. The van der Waals surface area contributed by atoms with Gasteiger partial charge in [0.1, 0.15) is 16.3 Å². The first kappa shape index (κ1) is 19.5. The second-order valence-corrected chi connectivity index (χ2v) is 9.18. The topological polar surface area (TPSA) is 45.7 Å². The number of ether oxygens (including phenoxy) is 1. The molecule has 5 nitrogen and oxygen atoms in total. The van der Waals surface area contributed by atoms with Crippen LogP contribution in [0.25, 0.3) is 0 Å². The molecule has 2 heterocycles. The summed E-state index contributed by atoms with van der Waals surface area (Å²) in [5, 5.41) is 0. The number of rotatable bonds is 2. The first-order valence-corrected chi connectivity index (χ1v) is 9.43. The minimum atomic E-state index is -9.71. The largest absolute Gasteiger partial charge is 0.444 e. The van der Waals surface area contributed by atoms with Crippen molar-refractivity contribution in [2.45, 2.75) is 31.3 Å². The molecule has 0 N–H and O–H groups in total. The lowest BCUT2D eigenvalue weighted by Crippen LogP contribution is -2.50. The van der Waals surface area contributed by atoms with Gasteiger partial charge in [0, 0.05) is 26.2 Å². The molecular weight excluding hydrogens is 369 g/mol. The number of halogens is 5. The van der Waals surface area contributed by atoms with Crippen LogP contribution in [0.2, 0.25) is 0 Å². The van der Waals surface area contributed by atoms with Crippen molar-refractivity contribution in [3.8, 4) is 0 Å². The number of piperazine rings is 1. The Kier molecular flexibility index (Phi) is 4.19. The Labute approximate surface area is 142 Å². The van der Waals surface area contributed by atoms with E-state index >= 15 is 0 Å². The molecule has 144 valence electrons. The standard InChI is InChI=1S/C14H20F5N3O2S/c1-14(2,3)24-13(23)22-8-6-21(7-9-22)12-5-4-11(10-20-12)25(15,16,17,18)19/h4-5,10H,6-9H2,1-3H3. The minimum absolute atomic E-state index is 0.148. The maximum Gasteiger partial charge on any atom is 0.410 e. The molecule has 0 aromatic carbocycles. The van der Waals surface area contributed by atoms with Gasteiger partial charge in [-0.1, -0.05) is 19.4 Å². The third kappa shape index (κ3) is 5.35. The van der Waals surface area contributed by atoms with E-state index in [0.29, 0.717) is 32.2 Å². The van der Waals surface area contributed by atoms with Gasteiger partial charge in [0.2, 0.25) is 0 Å². The zero-order valence-electron chi connectivity index (χ0n) is 14.0. The summed E-state index contributed by atoms with van der Waals surface area (Å²) in [4.78, 5) is 16.5. The van der Waals surface area contributed by atoms with E-state index in [9.17, 15) is 24.2 Å². The van der Waals surface area contributed by atoms with Gasteiger partial charge in [-0.3, -0.25) is 0 Å². The Balaban J connectivity index is 2.01. The molecule has 0 unspecified atom stereocenters. The molecule has 0 bridgehead atoms. The van der Waals surface area contributed by atoms with Gasteiger partial charge in [0.15, 0.2) is 0 Å². The smallest absolute Gasteiger partial charge is 0.410 e. The van der Waals surface area contributed by atoms with Crippen molar-refractivity contribution in [1.29, 1.82) is 0 Å². The zero-order chi connectivity index (χ0) is 19.2. The maximum absolute atomic E-state index is 12.7. The summed E-state index contributed by atoms with van der Waals surface area (Å²) in [5.41, 5.74) is -0.628. The number of pyridine rings is 1. The number of carbonyl (C=O) groups is 1. The Hall–Kier alpha value is -1.78. The van der Waals surface area contributed by atoms with E-state index in [1.807, 2.05) is 0 Å². The summed E-state index contributed by atoms with van der Waals surface area (Å²) >= 11 is 0. The fraction of sp³-hybridized carbons (Fsp3) is 0.571. The quantitative estimate of drug-likeness (QED) is 0.682.